The van der Waals surface area contributed by atoms with E-state index >= 15 is 0 Å². The van der Waals surface area contributed by atoms with Gasteiger partial charge in [0.15, 0.2) is 23.0 Å². The molecule has 0 aromatic heterocycles. The summed E-state index contributed by atoms with van der Waals surface area (Å²) in [6.07, 6.45) is 1.91. The summed E-state index contributed by atoms with van der Waals surface area (Å²) in [6, 6.07) is 6.53. The van der Waals surface area contributed by atoms with E-state index in [4.69, 9.17) is 18.9 Å². The molecule has 1 aliphatic carbocycles. The molecule has 0 unspecified atom stereocenters. The molecule has 5 nitrogen and oxygen atoms in total. The summed E-state index contributed by atoms with van der Waals surface area (Å²) >= 11 is 0. The van der Waals surface area contributed by atoms with E-state index in [1.807, 2.05) is 0 Å². The third kappa shape index (κ3) is 2.34. The van der Waals surface area contributed by atoms with Gasteiger partial charge in [0.05, 0.1) is 28.4 Å². The maximum atomic E-state index is 5.77. The molecular formula is C20H23NO4. The molecule has 4 rings (SSSR count). The van der Waals surface area contributed by atoms with Crippen LogP contribution in [0.3, 0.4) is 0 Å². The van der Waals surface area contributed by atoms with Crippen LogP contribution in [0, 0.1) is 0 Å². The molecule has 5 heteroatoms. The summed E-state index contributed by atoms with van der Waals surface area (Å²) in [6.45, 7) is 0.967. The summed E-state index contributed by atoms with van der Waals surface area (Å²) < 4.78 is 22.4. The van der Waals surface area contributed by atoms with Crippen molar-refractivity contribution in [1.29, 1.82) is 0 Å². The van der Waals surface area contributed by atoms with Gasteiger partial charge in [-0.2, -0.15) is 0 Å². The molecule has 0 radical (unpaired) electrons. The Hall–Kier alpha value is -2.40. The maximum absolute atomic E-state index is 5.77. The lowest BCUT2D eigenvalue weighted by atomic mass is 9.77. The van der Waals surface area contributed by atoms with E-state index in [1.165, 1.54) is 16.7 Å². The second-order valence-electron chi connectivity index (χ2n) is 6.39. The Kier molecular flexibility index (Phi) is 3.96. The molecular weight excluding hydrogens is 318 g/mol. The number of fused-ring (bicyclic) bond motifs is 2. The van der Waals surface area contributed by atoms with E-state index in [-0.39, 0.29) is 6.04 Å². The topological polar surface area (TPSA) is 49.0 Å². The zero-order chi connectivity index (χ0) is 17.6. The van der Waals surface area contributed by atoms with Crippen molar-refractivity contribution < 1.29 is 18.9 Å². The highest BCUT2D eigenvalue weighted by molar-refractivity contribution is 5.85. The molecule has 2 aliphatic rings. The molecule has 0 fully saturated rings. The number of methoxy groups -OCH3 is 4. The van der Waals surface area contributed by atoms with Crippen LogP contribution >= 0.6 is 0 Å². The fourth-order valence-electron chi connectivity index (χ4n) is 4.13. The van der Waals surface area contributed by atoms with Crippen molar-refractivity contribution in [1.82, 2.24) is 5.32 Å². The number of hydrogen-bond acceptors (Lipinski definition) is 5. The molecule has 1 atom stereocenters. The Morgan fingerprint density at radius 2 is 1.52 bits per heavy atom. The average molecular weight is 341 g/mol. The fraction of sp³-hybridized carbons (Fsp3) is 0.400. The standard InChI is InChI=1S/C20H23NO4/c1-22-15-9-12-7-14-18-11(5-6-21-14)8-17(24-3)20(25-4)19(18)13(12)10-16(15)23-2/h8-10,14,21H,5-7H2,1-4H3/t14-/m0/s1. The number of benzene rings is 2. The minimum atomic E-state index is 0.282. The highest BCUT2D eigenvalue weighted by Gasteiger charge is 2.34. The van der Waals surface area contributed by atoms with Crippen LogP contribution in [0.25, 0.3) is 11.1 Å². The third-order valence-electron chi connectivity index (χ3n) is 5.23. The van der Waals surface area contributed by atoms with E-state index in [0.29, 0.717) is 0 Å². The molecule has 1 aliphatic heterocycles. The van der Waals surface area contributed by atoms with Crippen molar-refractivity contribution in [2.24, 2.45) is 0 Å². The van der Waals surface area contributed by atoms with Crippen molar-refractivity contribution in [3.8, 4) is 34.1 Å². The molecule has 2 aromatic carbocycles. The zero-order valence-corrected chi connectivity index (χ0v) is 15.1. The van der Waals surface area contributed by atoms with Gasteiger partial charge in [0.25, 0.3) is 0 Å². The summed E-state index contributed by atoms with van der Waals surface area (Å²) in [5.74, 6) is 3.03. The molecule has 0 saturated heterocycles. The number of hydrogen-bond donors (Lipinski definition) is 1. The first-order valence-electron chi connectivity index (χ1n) is 8.48. The van der Waals surface area contributed by atoms with Crippen LogP contribution in [-0.4, -0.2) is 35.0 Å². The van der Waals surface area contributed by atoms with Gasteiger partial charge in [0.2, 0.25) is 0 Å². The first-order chi connectivity index (χ1) is 12.2. The van der Waals surface area contributed by atoms with Gasteiger partial charge in [-0.15, -0.1) is 0 Å². The predicted molar refractivity (Wildman–Crippen MR) is 96.2 cm³/mol. The van der Waals surface area contributed by atoms with Crippen LogP contribution in [0.4, 0.5) is 0 Å². The Morgan fingerprint density at radius 3 is 2.20 bits per heavy atom. The molecule has 1 N–H and O–H groups in total. The Balaban J connectivity index is 2.05. The van der Waals surface area contributed by atoms with Gasteiger partial charge in [-0.25, -0.2) is 0 Å². The van der Waals surface area contributed by atoms with Gasteiger partial charge < -0.3 is 24.3 Å². The van der Waals surface area contributed by atoms with Gasteiger partial charge in [0.1, 0.15) is 0 Å². The quantitative estimate of drug-likeness (QED) is 0.926. The Morgan fingerprint density at radius 1 is 0.840 bits per heavy atom. The van der Waals surface area contributed by atoms with E-state index in [0.717, 1.165) is 53.5 Å². The van der Waals surface area contributed by atoms with Crippen molar-refractivity contribution >= 4 is 0 Å². The van der Waals surface area contributed by atoms with Crippen LogP contribution < -0.4 is 24.3 Å². The Labute approximate surface area is 147 Å². The zero-order valence-electron chi connectivity index (χ0n) is 15.1. The lowest BCUT2D eigenvalue weighted by Gasteiger charge is -2.36. The maximum Gasteiger partial charge on any atom is 0.168 e. The Bertz CT molecular complexity index is 831. The number of ether oxygens (including phenoxy) is 4. The van der Waals surface area contributed by atoms with Crippen LogP contribution in [0.15, 0.2) is 18.2 Å². The first-order valence-corrected chi connectivity index (χ1v) is 8.48. The van der Waals surface area contributed by atoms with E-state index < -0.39 is 0 Å². The SMILES string of the molecule is COc1cc2c(cc1OC)-c1c(OC)c(OC)cc3c1[C@H](C2)NCC3. The minimum absolute atomic E-state index is 0.282. The van der Waals surface area contributed by atoms with Gasteiger partial charge >= 0.3 is 0 Å². The molecule has 132 valence electrons. The van der Waals surface area contributed by atoms with Gasteiger partial charge in [-0.3, -0.25) is 0 Å². The van der Waals surface area contributed by atoms with E-state index in [2.05, 4.69) is 23.5 Å². The normalized spacial score (nSPS) is 17.4. The monoisotopic (exact) mass is 341 g/mol. The highest BCUT2D eigenvalue weighted by atomic mass is 16.5. The predicted octanol–water partition coefficient (Wildman–Crippen LogP) is 3.13. The lowest BCUT2D eigenvalue weighted by molar-refractivity contribution is 0.350. The smallest absolute Gasteiger partial charge is 0.168 e. The second-order valence-corrected chi connectivity index (χ2v) is 6.39. The second kappa shape index (κ2) is 6.15. The van der Waals surface area contributed by atoms with Crippen molar-refractivity contribution in [2.45, 2.75) is 18.9 Å². The summed E-state index contributed by atoms with van der Waals surface area (Å²) in [5, 5.41) is 3.64. The molecule has 0 spiro atoms. The van der Waals surface area contributed by atoms with Gasteiger partial charge in [-0.1, -0.05) is 0 Å². The third-order valence-corrected chi connectivity index (χ3v) is 5.23. The number of nitrogens with one attached hydrogen (secondary N) is 1. The van der Waals surface area contributed by atoms with E-state index in [1.54, 1.807) is 28.4 Å². The molecule has 25 heavy (non-hydrogen) atoms. The summed E-state index contributed by atoms with van der Waals surface area (Å²) in [4.78, 5) is 0. The van der Waals surface area contributed by atoms with Crippen molar-refractivity contribution in [3.63, 3.8) is 0 Å². The van der Waals surface area contributed by atoms with Crippen molar-refractivity contribution in [2.75, 3.05) is 35.0 Å². The molecule has 0 saturated carbocycles. The lowest BCUT2D eigenvalue weighted by Crippen LogP contribution is -2.34. The molecule has 0 amide bonds. The van der Waals surface area contributed by atoms with Crippen molar-refractivity contribution in [3.05, 3.63) is 34.9 Å². The molecule has 1 heterocycles. The number of rotatable bonds is 4. The molecule has 2 aromatic rings. The summed E-state index contributed by atoms with van der Waals surface area (Å²) in [7, 11) is 6.71. The first kappa shape index (κ1) is 16.1. The van der Waals surface area contributed by atoms with E-state index in [9.17, 15) is 0 Å². The fourth-order valence-corrected chi connectivity index (χ4v) is 4.13. The van der Waals surface area contributed by atoms with Crippen LogP contribution in [0.5, 0.6) is 23.0 Å². The van der Waals surface area contributed by atoms with Crippen LogP contribution in [0.2, 0.25) is 0 Å². The van der Waals surface area contributed by atoms with Gasteiger partial charge in [0, 0.05) is 11.6 Å². The highest BCUT2D eigenvalue weighted by Crippen LogP contribution is 2.52. The summed E-state index contributed by atoms with van der Waals surface area (Å²) in [5.41, 5.74) is 6.11. The molecule has 0 bridgehead atoms. The average Bonchev–Trinajstić information content (AvgIpc) is 2.66. The minimum Gasteiger partial charge on any atom is -0.493 e. The largest absolute Gasteiger partial charge is 0.493 e. The van der Waals surface area contributed by atoms with Crippen LogP contribution in [-0.2, 0) is 12.8 Å². The van der Waals surface area contributed by atoms with Gasteiger partial charge in [-0.05, 0) is 59.8 Å². The van der Waals surface area contributed by atoms with Crippen LogP contribution in [0.1, 0.15) is 22.7 Å².